The van der Waals surface area contributed by atoms with Crippen molar-refractivity contribution in [1.29, 1.82) is 0 Å². The van der Waals surface area contributed by atoms with Gasteiger partial charge in [0.15, 0.2) is 0 Å². The van der Waals surface area contributed by atoms with Crippen molar-refractivity contribution >= 4 is 35.1 Å². The van der Waals surface area contributed by atoms with Crippen LogP contribution in [0.4, 0.5) is 11.4 Å². The second kappa shape index (κ2) is 8.65. The van der Waals surface area contributed by atoms with E-state index >= 15 is 0 Å². The monoisotopic (exact) mass is 362 g/mol. The van der Waals surface area contributed by atoms with Crippen LogP contribution in [-0.2, 0) is 4.79 Å². The summed E-state index contributed by atoms with van der Waals surface area (Å²) in [6.45, 7) is -0.0154. The molecule has 8 nitrogen and oxygen atoms in total. The van der Waals surface area contributed by atoms with Crippen LogP contribution in [-0.4, -0.2) is 30.7 Å². The van der Waals surface area contributed by atoms with Gasteiger partial charge in [0.1, 0.15) is 10.8 Å². The molecule has 2 N–H and O–H groups in total. The molecule has 0 bridgehead atoms. The van der Waals surface area contributed by atoms with Crippen LogP contribution in [0.3, 0.4) is 0 Å². The molecule has 0 spiro atoms. The number of anilines is 1. The van der Waals surface area contributed by atoms with E-state index in [4.69, 9.17) is 16.3 Å². The lowest BCUT2D eigenvalue weighted by molar-refractivity contribution is -0.384. The Morgan fingerprint density at radius 1 is 1.36 bits per heavy atom. The summed E-state index contributed by atoms with van der Waals surface area (Å²) in [6, 6.07) is 11.4. The molecule has 0 unspecified atom stereocenters. The Morgan fingerprint density at radius 2 is 2.12 bits per heavy atom. The quantitative estimate of drug-likeness (QED) is 0.447. The number of nitrogens with one attached hydrogen (secondary N) is 2. The SMILES string of the molecule is COc1ccccc1NCC(=O)N/N=C/c1ccc(Cl)c([N+](=O)[O-])c1. The average molecular weight is 363 g/mol. The van der Waals surface area contributed by atoms with Crippen molar-refractivity contribution in [2.45, 2.75) is 0 Å². The van der Waals surface area contributed by atoms with Gasteiger partial charge in [0.2, 0.25) is 0 Å². The second-order valence-corrected chi connectivity index (χ2v) is 5.22. The fourth-order valence-electron chi connectivity index (χ4n) is 1.93. The second-order valence-electron chi connectivity index (χ2n) is 4.81. The molecule has 9 heteroatoms. The molecular weight excluding hydrogens is 348 g/mol. The number of hydrogen-bond donors (Lipinski definition) is 2. The van der Waals surface area contributed by atoms with Crippen LogP contribution in [0.2, 0.25) is 5.02 Å². The lowest BCUT2D eigenvalue weighted by atomic mass is 10.2. The molecule has 0 heterocycles. The lowest BCUT2D eigenvalue weighted by Gasteiger charge is -2.09. The average Bonchev–Trinajstić information content (AvgIpc) is 2.61. The summed E-state index contributed by atoms with van der Waals surface area (Å²) < 4.78 is 5.17. The summed E-state index contributed by atoms with van der Waals surface area (Å²) in [7, 11) is 1.54. The third-order valence-electron chi connectivity index (χ3n) is 3.12. The standard InChI is InChI=1S/C16H15ClN4O4/c1-25-15-5-3-2-4-13(15)18-10-16(22)20-19-9-11-6-7-12(17)14(8-11)21(23)24/h2-9,18H,10H2,1H3,(H,20,22)/b19-9+. The predicted octanol–water partition coefficient (Wildman–Crippen LogP) is 2.82. The number of hydrogen-bond acceptors (Lipinski definition) is 6. The number of ether oxygens (including phenoxy) is 1. The van der Waals surface area contributed by atoms with Crippen molar-refractivity contribution in [1.82, 2.24) is 5.43 Å². The Labute approximate surface area is 148 Å². The van der Waals surface area contributed by atoms with Crippen LogP contribution in [0.25, 0.3) is 0 Å². The molecule has 0 saturated carbocycles. The Kier molecular flexibility index (Phi) is 6.30. The van der Waals surface area contributed by atoms with Gasteiger partial charge in [-0.05, 0) is 18.2 Å². The van der Waals surface area contributed by atoms with E-state index in [0.29, 0.717) is 17.0 Å². The minimum Gasteiger partial charge on any atom is -0.495 e. The van der Waals surface area contributed by atoms with Crippen LogP contribution < -0.4 is 15.5 Å². The van der Waals surface area contributed by atoms with Crippen molar-refractivity contribution in [2.24, 2.45) is 5.10 Å². The molecule has 0 saturated heterocycles. The number of hydrazone groups is 1. The number of nitrogens with zero attached hydrogens (tertiary/aromatic N) is 2. The molecule has 1 amide bonds. The van der Waals surface area contributed by atoms with Gasteiger partial charge in [-0.25, -0.2) is 5.43 Å². The number of para-hydroxylation sites is 2. The van der Waals surface area contributed by atoms with Gasteiger partial charge in [0.25, 0.3) is 11.6 Å². The first-order valence-corrected chi connectivity index (χ1v) is 7.52. The van der Waals surface area contributed by atoms with Crippen LogP contribution in [0.5, 0.6) is 5.75 Å². The van der Waals surface area contributed by atoms with E-state index < -0.39 is 4.92 Å². The third kappa shape index (κ3) is 5.18. The van der Waals surface area contributed by atoms with Crippen LogP contribution in [0, 0.1) is 10.1 Å². The lowest BCUT2D eigenvalue weighted by Crippen LogP contribution is -2.26. The molecule has 0 aliphatic rings. The van der Waals surface area contributed by atoms with E-state index in [9.17, 15) is 14.9 Å². The first kappa shape index (κ1) is 18.2. The Bertz CT molecular complexity index is 810. The number of nitro groups is 1. The first-order chi connectivity index (χ1) is 12.0. The number of benzene rings is 2. The maximum atomic E-state index is 11.8. The Morgan fingerprint density at radius 3 is 2.84 bits per heavy atom. The van der Waals surface area contributed by atoms with Crippen molar-refractivity contribution in [3.05, 3.63) is 63.2 Å². The molecule has 0 fully saturated rings. The highest BCUT2D eigenvalue weighted by Crippen LogP contribution is 2.24. The zero-order valence-corrected chi connectivity index (χ0v) is 14.0. The van der Waals surface area contributed by atoms with Crippen LogP contribution >= 0.6 is 11.6 Å². The molecule has 130 valence electrons. The summed E-state index contributed by atoms with van der Waals surface area (Å²) in [5.41, 5.74) is 3.22. The minimum atomic E-state index is -0.588. The topological polar surface area (TPSA) is 106 Å². The summed E-state index contributed by atoms with van der Waals surface area (Å²) in [5.74, 6) is 0.234. The molecule has 0 aromatic heterocycles. The Hall–Kier alpha value is -3.13. The van der Waals surface area contributed by atoms with E-state index in [-0.39, 0.29) is 23.2 Å². The summed E-state index contributed by atoms with van der Waals surface area (Å²) in [5, 5.41) is 17.5. The molecule has 2 rings (SSSR count). The molecule has 0 aliphatic carbocycles. The largest absolute Gasteiger partial charge is 0.495 e. The van der Waals surface area contributed by atoms with Crippen molar-refractivity contribution in [3.8, 4) is 5.75 Å². The normalized spacial score (nSPS) is 10.5. The van der Waals surface area contributed by atoms with E-state index in [1.165, 1.54) is 25.5 Å². The van der Waals surface area contributed by atoms with Crippen molar-refractivity contribution in [2.75, 3.05) is 19.0 Å². The van der Waals surface area contributed by atoms with Crippen LogP contribution in [0.15, 0.2) is 47.6 Å². The molecule has 0 radical (unpaired) electrons. The number of amides is 1. The Balaban J connectivity index is 1.90. The number of methoxy groups -OCH3 is 1. The van der Waals surface area contributed by atoms with Gasteiger partial charge in [-0.15, -0.1) is 0 Å². The van der Waals surface area contributed by atoms with Crippen molar-refractivity contribution < 1.29 is 14.5 Å². The fourth-order valence-corrected chi connectivity index (χ4v) is 2.12. The van der Waals surface area contributed by atoms with Gasteiger partial charge < -0.3 is 10.1 Å². The van der Waals surface area contributed by atoms with E-state index in [2.05, 4.69) is 15.8 Å². The zero-order valence-electron chi connectivity index (χ0n) is 13.2. The van der Waals surface area contributed by atoms with Gasteiger partial charge in [0.05, 0.1) is 30.5 Å². The summed E-state index contributed by atoms with van der Waals surface area (Å²) in [4.78, 5) is 22.0. The highest BCUT2D eigenvalue weighted by atomic mass is 35.5. The minimum absolute atomic E-state index is 0.0154. The smallest absolute Gasteiger partial charge is 0.288 e. The molecule has 0 aliphatic heterocycles. The first-order valence-electron chi connectivity index (χ1n) is 7.14. The highest BCUT2D eigenvalue weighted by Gasteiger charge is 2.11. The predicted molar refractivity (Wildman–Crippen MR) is 95.3 cm³/mol. The van der Waals surface area contributed by atoms with Crippen LogP contribution in [0.1, 0.15) is 5.56 Å². The highest BCUT2D eigenvalue weighted by molar-refractivity contribution is 6.32. The number of carbonyl (C=O) groups is 1. The maximum absolute atomic E-state index is 11.8. The molecule has 25 heavy (non-hydrogen) atoms. The van der Waals surface area contributed by atoms with Gasteiger partial charge in [-0.2, -0.15) is 5.10 Å². The molecular formula is C16H15ClN4O4. The summed E-state index contributed by atoms with van der Waals surface area (Å²) >= 11 is 5.73. The zero-order chi connectivity index (χ0) is 18.2. The van der Waals surface area contributed by atoms with Crippen molar-refractivity contribution in [3.63, 3.8) is 0 Å². The fraction of sp³-hybridized carbons (Fsp3) is 0.125. The van der Waals surface area contributed by atoms with E-state index in [0.717, 1.165) is 0 Å². The van der Waals surface area contributed by atoms with Gasteiger partial charge >= 0.3 is 0 Å². The number of rotatable bonds is 7. The molecule has 0 atom stereocenters. The maximum Gasteiger partial charge on any atom is 0.288 e. The molecule has 2 aromatic carbocycles. The number of nitro benzene ring substituents is 1. The molecule has 2 aromatic rings. The van der Waals surface area contributed by atoms with Gasteiger partial charge in [-0.1, -0.05) is 29.8 Å². The van der Waals surface area contributed by atoms with E-state index in [1.807, 2.05) is 12.1 Å². The van der Waals surface area contributed by atoms with Gasteiger partial charge in [-0.3, -0.25) is 14.9 Å². The van der Waals surface area contributed by atoms with E-state index in [1.54, 1.807) is 18.2 Å². The number of halogens is 1. The number of carbonyl (C=O) groups excluding carboxylic acids is 1. The summed E-state index contributed by atoms with van der Waals surface area (Å²) in [6.07, 6.45) is 1.30. The third-order valence-corrected chi connectivity index (χ3v) is 3.44. The van der Waals surface area contributed by atoms with Gasteiger partial charge in [0, 0.05) is 11.6 Å².